The van der Waals surface area contributed by atoms with Gasteiger partial charge >= 0.3 is 0 Å². The molecule has 90 valence electrons. The molecule has 0 atom stereocenters. The van der Waals surface area contributed by atoms with Gasteiger partial charge in [-0.2, -0.15) is 5.26 Å². The van der Waals surface area contributed by atoms with E-state index < -0.39 is 0 Å². The zero-order chi connectivity index (χ0) is 12.8. The fourth-order valence-corrected chi connectivity index (χ4v) is 1.59. The number of benzene rings is 1. The summed E-state index contributed by atoms with van der Waals surface area (Å²) in [4.78, 5) is 4.08. The maximum atomic E-state index is 8.79. The molecule has 2 aromatic rings. The van der Waals surface area contributed by atoms with Crippen LogP contribution in [0.3, 0.4) is 0 Å². The number of nitrogens with one attached hydrogen (secondary N) is 1. The van der Waals surface area contributed by atoms with Crippen molar-refractivity contribution in [3.05, 3.63) is 53.7 Å². The number of ether oxygens (including phenoxy) is 1. The molecule has 0 bridgehead atoms. The van der Waals surface area contributed by atoms with Crippen molar-refractivity contribution in [3.63, 3.8) is 0 Å². The summed E-state index contributed by atoms with van der Waals surface area (Å²) in [5.74, 6) is 1.17. The Bertz CT molecular complexity index is 575. The molecular formula is C14H13N3O. The lowest BCUT2D eigenvalue weighted by atomic mass is 10.2. The molecule has 2 rings (SSSR count). The van der Waals surface area contributed by atoms with Gasteiger partial charge in [0.2, 0.25) is 5.88 Å². The predicted molar refractivity (Wildman–Crippen MR) is 68.2 cm³/mol. The highest BCUT2D eigenvalue weighted by Crippen LogP contribution is 2.23. The Morgan fingerprint density at radius 1 is 1.22 bits per heavy atom. The Labute approximate surface area is 106 Å². The first-order valence-electron chi connectivity index (χ1n) is 5.61. The Morgan fingerprint density at radius 3 is 2.83 bits per heavy atom. The fraction of sp³-hybridized carbons (Fsp3) is 0.143. The molecule has 1 N–H and O–H groups in total. The largest absolute Gasteiger partial charge is 0.439 e. The molecule has 0 fully saturated rings. The number of pyridine rings is 1. The Kier molecular flexibility index (Phi) is 3.90. The molecule has 0 radical (unpaired) electrons. The van der Waals surface area contributed by atoms with Gasteiger partial charge in [-0.1, -0.05) is 24.3 Å². The molecule has 0 aliphatic rings. The van der Waals surface area contributed by atoms with Gasteiger partial charge in [0.25, 0.3) is 0 Å². The second-order valence-electron chi connectivity index (χ2n) is 3.71. The van der Waals surface area contributed by atoms with E-state index in [1.807, 2.05) is 37.4 Å². The van der Waals surface area contributed by atoms with Gasteiger partial charge in [-0.3, -0.25) is 0 Å². The second-order valence-corrected chi connectivity index (χ2v) is 3.71. The van der Waals surface area contributed by atoms with Crippen LogP contribution in [0.4, 0.5) is 0 Å². The van der Waals surface area contributed by atoms with Crippen molar-refractivity contribution < 1.29 is 4.74 Å². The van der Waals surface area contributed by atoms with Crippen LogP contribution in [0.5, 0.6) is 11.6 Å². The first kappa shape index (κ1) is 12.1. The van der Waals surface area contributed by atoms with Gasteiger partial charge in [-0.25, -0.2) is 4.98 Å². The standard InChI is InChI=1S/C14H13N3O/c1-16-10-11-5-2-3-7-13(11)18-14-8-4-6-12(9-15)17-14/h2-8,16H,10H2,1H3. The van der Waals surface area contributed by atoms with Crippen molar-refractivity contribution >= 4 is 0 Å². The van der Waals surface area contributed by atoms with Crippen molar-refractivity contribution in [1.29, 1.82) is 5.26 Å². The van der Waals surface area contributed by atoms with Gasteiger partial charge in [0.1, 0.15) is 17.5 Å². The quantitative estimate of drug-likeness (QED) is 0.890. The summed E-state index contributed by atoms with van der Waals surface area (Å²) < 4.78 is 5.70. The molecule has 18 heavy (non-hydrogen) atoms. The van der Waals surface area contributed by atoms with Crippen molar-refractivity contribution in [2.45, 2.75) is 6.54 Å². The molecule has 0 saturated heterocycles. The van der Waals surface area contributed by atoms with Crippen LogP contribution in [0.1, 0.15) is 11.3 Å². The fourth-order valence-electron chi connectivity index (χ4n) is 1.59. The topological polar surface area (TPSA) is 57.9 Å². The van der Waals surface area contributed by atoms with Crippen LogP contribution in [0.25, 0.3) is 0 Å². The third kappa shape index (κ3) is 2.84. The van der Waals surface area contributed by atoms with E-state index in [0.29, 0.717) is 18.1 Å². The van der Waals surface area contributed by atoms with Crippen molar-refractivity contribution in [1.82, 2.24) is 10.3 Å². The SMILES string of the molecule is CNCc1ccccc1Oc1cccc(C#N)n1. The van der Waals surface area contributed by atoms with Gasteiger partial charge in [-0.05, 0) is 19.2 Å². The van der Waals surface area contributed by atoms with Crippen LogP contribution in [-0.2, 0) is 6.54 Å². The van der Waals surface area contributed by atoms with Crippen molar-refractivity contribution in [3.8, 4) is 17.7 Å². The molecule has 0 amide bonds. The molecule has 0 aliphatic carbocycles. The number of nitriles is 1. The van der Waals surface area contributed by atoms with Crippen molar-refractivity contribution in [2.75, 3.05) is 7.05 Å². The molecular weight excluding hydrogens is 226 g/mol. The highest BCUT2D eigenvalue weighted by molar-refractivity contribution is 5.36. The number of aromatic nitrogens is 1. The molecule has 0 unspecified atom stereocenters. The highest BCUT2D eigenvalue weighted by Gasteiger charge is 2.04. The van der Waals surface area contributed by atoms with Gasteiger partial charge < -0.3 is 10.1 Å². The van der Waals surface area contributed by atoms with E-state index in [1.165, 1.54) is 0 Å². The van der Waals surface area contributed by atoms with Crippen molar-refractivity contribution in [2.24, 2.45) is 0 Å². The zero-order valence-corrected chi connectivity index (χ0v) is 10.1. The lowest BCUT2D eigenvalue weighted by Crippen LogP contribution is -2.06. The van der Waals surface area contributed by atoms with Crippen LogP contribution in [0.15, 0.2) is 42.5 Å². The average Bonchev–Trinajstić information content (AvgIpc) is 2.41. The van der Waals surface area contributed by atoms with Crippen LogP contribution in [-0.4, -0.2) is 12.0 Å². The molecule has 1 aromatic heterocycles. The van der Waals surface area contributed by atoms with Gasteiger partial charge in [0.15, 0.2) is 0 Å². The molecule has 1 aromatic carbocycles. The van der Waals surface area contributed by atoms with Gasteiger partial charge in [0.05, 0.1) is 0 Å². The van der Waals surface area contributed by atoms with Gasteiger partial charge in [0, 0.05) is 18.2 Å². The summed E-state index contributed by atoms with van der Waals surface area (Å²) >= 11 is 0. The highest BCUT2D eigenvalue weighted by atomic mass is 16.5. The predicted octanol–water partition coefficient (Wildman–Crippen LogP) is 2.46. The monoisotopic (exact) mass is 239 g/mol. The summed E-state index contributed by atoms with van der Waals surface area (Å²) in [5.41, 5.74) is 1.39. The minimum atomic E-state index is 0.346. The lowest BCUT2D eigenvalue weighted by molar-refractivity contribution is 0.455. The van der Waals surface area contributed by atoms with E-state index in [-0.39, 0.29) is 0 Å². The number of rotatable bonds is 4. The Morgan fingerprint density at radius 2 is 2.06 bits per heavy atom. The average molecular weight is 239 g/mol. The molecule has 1 heterocycles. The first-order valence-corrected chi connectivity index (χ1v) is 5.61. The normalized spacial score (nSPS) is 9.78. The molecule has 0 aliphatic heterocycles. The van der Waals surface area contributed by atoms with Crippen LogP contribution in [0.2, 0.25) is 0 Å². The smallest absolute Gasteiger partial charge is 0.220 e. The number of hydrogen-bond acceptors (Lipinski definition) is 4. The maximum absolute atomic E-state index is 8.79. The third-order valence-electron chi connectivity index (χ3n) is 2.39. The van der Waals surface area contributed by atoms with E-state index in [1.54, 1.807) is 18.2 Å². The molecule has 0 saturated carbocycles. The number of nitrogens with zero attached hydrogens (tertiary/aromatic N) is 2. The minimum Gasteiger partial charge on any atom is -0.439 e. The van der Waals surface area contributed by atoms with Crippen LogP contribution >= 0.6 is 0 Å². The molecule has 4 nitrogen and oxygen atoms in total. The van der Waals surface area contributed by atoms with E-state index in [2.05, 4.69) is 10.3 Å². The summed E-state index contributed by atoms with van der Waals surface area (Å²) in [6.45, 7) is 0.716. The number of hydrogen-bond donors (Lipinski definition) is 1. The Balaban J connectivity index is 2.25. The van der Waals surface area contributed by atoms with Crippen LogP contribution < -0.4 is 10.1 Å². The van der Waals surface area contributed by atoms with E-state index in [9.17, 15) is 0 Å². The van der Waals surface area contributed by atoms with Gasteiger partial charge in [-0.15, -0.1) is 0 Å². The molecule has 0 spiro atoms. The molecule has 4 heteroatoms. The van der Waals surface area contributed by atoms with E-state index in [0.717, 1.165) is 11.3 Å². The summed E-state index contributed by atoms with van der Waals surface area (Å²) in [7, 11) is 1.88. The number of para-hydroxylation sites is 1. The summed E-state index contributed by atoms with van der Waals surface area (Å²) in [6, 6.07) is 14.9. The summed E-state index contributed by atoms with van der Waals surface area (Å²) in [6.07, 6.45) is 0. The minimum absolute atomic E-state index is 0.346. The van der Waals surface area contributed by atoms with Crippen LogP contribution in [0, 0.1) is 11.3 Å². The lowest BCUT2D eigenvalue weighted by Gasteiger charge is -2.09. The van der Waals surface area contributed by atoms with E-state index in [4.69, 9.17) is 10.00 Å². The second kappa shape index (κ2) is 5.80. The Hall–Kier alpha value is -2.38. The maximum Gasteiger partial charge on any atom is 0.220 e. The zero-order valence-electron chi connectivity index (χ0n) is 10.1. The summed E-state index contributed by atoms with van der Waals surface area (Å²) in [5, 5.41) is 11.9. The first-order chi connectivity index (χ1) is 8.83. The third-order valence-corrected chi connectivity index (χ3v) is 2.39. The van der Waals surface area contributed by atoms with E-state index >= 15 is 0 Å².